The van der Waals surface area contributed by atoms with Crippen LogP contribution in [0.15, 0.2) is 30.4 Å². The summed E-state index contributed by atoms with van der Waals surface area (Å²) in [6.45, 7) is 17.0. The number of benzene rings is 1. The number of nitrogens with zero attached hydrogens (tertiary/aromatic N) is 2. The number of fused-ring (bicyclic) bond motifs is 1. The third-order valence-corrected chi connectivity index (χ3v) is 9.33. The Morgan fingerprint density at radius 2 is 1.79 bits per heavy atom. The van der Waals surface area contributed by atoms with E-state index >= 15 is 0 Å². The Labute approximate surface area is 256 Å². The van der Waals surface area contributed by atoms with Gasteiger partial charge in [-0.3, -0.25) is 19.3 Å². The monoisotopic (exact) mass is 597 g/mol. The molecule has 1 aliphatic carbocycles. The maximum absolute atomic E-state index is 13.8. The van der Waals surface area contributed by atoms with Crippen LogP contribution in [0.1, 0.15) is 96.1 Å². The van der Waals surface area contributed by atoms with Gasteiger partial charge in [0.25, 0.3) is 0 Å². The fourth-order valence-electron chi connectivity index (χ4n) is 5.58. The fourth-order valence-corrected chi connectivity index (χ4v) is 6.65. The van der Waals surface area contributed by atoms with Crippen LogP contribution in [0.2, 0.25) is 0 Å². The number of aromatic nitrogens is 1. The summed E-state index contributed by atoms with van der Waals surface area (Å²) in [5, 5.41) is 10.1. The standard InChI is InChI=1S/C33H51N5O3S/c1-7-13-30(39)35-27(19-31-36-26-17-16-25(22(4)5)18-29(26)42-31)33(41)37-28(24-14-11-10-12-15-24)20-34-32(40)23(6)21-38(8-2)9-3/h16-18,22,24,27-28H,6-15,19-21H2,1-5H3,(H,34,40)(H,35,39)(H,37,41)/t27-,28?/m0/s1. The first-order chi connectivity index (χ1) is 20.1. The minimum absolute atomic E-state index is 0.143. The molecule has 0 bridgehead atoms. The average Bonchev–Trinajstić information content (AvgIpc) is 3.39. The fraction of sp³-hybridized carbons (Fsp3) is 0.636. The molecule has 0 radical (unpaired) electrons. The molecule has 0 spiro atoms. The molecule has 2 aromatic rings. The second kappa shape index (κ2) is 16.8. The van der Waals surface area contributed by atoms with Gasteiger partial charge in [0.1, 0.15) is 6.04 Å². The molecule has 1 heterocycles. The molecule has 0 saturated heterocycles. The van der Waals surface area contributed by atoms with Gasteiger partial charge in [-0.1, -0.05) is 66.5 Å². The predicted octanol–water partition coefficient (Wildman–Crippen LogP) is 5.33. The molecule has 3 amide bonds. The zero-order valence-corrected chi connectivity index (χ0v) is 27.1. The van der Waals surface area contributed by atoms with Gasteiger partial charge in [-0.15, -0.1) is 11.3 Å². The van der Waals surface area contributed by atoms with Crippen molar-refractivity contribution >= 4 is 39.3 Å². The van der Waals surface area contributed by atoms with Crippen LogP contribution < -0.4 is 16.0 Å². The number of hydrogen-bond acceptors (Lipinski definition) is 6. The van der Waals surface area contributed by atoms with Gasteiger partial charge in [-0.2, -0.15) is 0 Å². The van der Waals surface area contributed by atoms with Crippen LogP contribution in [0.25, 0.3) is 10.2 Å². The van der Waals surface area contributed by atoms with Crippen LogP contribution >= 0.6 is 11.3 Å². The second-order valence-corrected chi connectivity index (χ2v) is 13.0. The number of rotatable bonds is 16. The van der Waals surface area contributed by atoms with Gasteiger partial charge in [0.2, 0.25) is 17.7 Å². The van der Waals surface area contributed by atoms with E-state index in [-0.39, 0.29) is 29.7 Å². The summed E-state index contributed by atoms with van der Waals surface area (Å²) in [6.07, 6.45) is 6.80. The summed E-state index contributed by atoms with van der Waals surface area (Å²) < 4.78 is 1.09. The van der Waals surface area contributed by atoms with Crippen LogP contribution in [0, 0.1) is 5.92 Å². The van der Waals surface area contributed by atoms with E-state index in [2.05, 4.69) is 67.3 Å². The third kappa shape index (κ3) is 9.90. The lowest BCUT2D eigenvalue weighted by atomic mass is 9.83. The number of carbonyl (C=O) groups is 3. The molecule has 1 saturated carbocycles. The molecular formula is C33H51N5O3S. The van der Waals surface area contributed by atoms with E-state index in [1.807, 2.05) is 13.0 Å². The second-order valence-electron chi connectivity index (χ2n) is 11.9. The van der Waals surface area contributed by atoms with Gasteiger partial charge in [-0.25, -0.2) is 4.98 Å². The van der Waals surface area contributed by atoms with E-state index in [4.69, 9.17) is 4.98 Å². The number of likely N-dealkylation sites (N-methyl/N-ethyl adjacent to an activating group) is 1. The van der Waals surface area contributed by atoms with E-state index in [9.17, 15) is 14.4 Å². The van der Waals surface area contributed by atoms with Crippen molar-refractivity contribution in [3.8, 4) is 0 Å². The van der Waals surface area contributed by atoms with E-state index in [0.717, 1.165) is 54.0 Å². The summed E-state index contributed by atoms with van der Waals surface area (Å²) in [7, 11) is 0. The first kappa shape index (κ1) is 33.7. The SMILES string of the molecule is C=C(CN(CC)CC)C(=O)NCC(NC(=O)[C@H](Cc1nc2ccc(C(C)C)cc2s1)NC(=O)CCC)C1CCCCC1. The number of thiazole rings is 1. The summed E-state index contributed by atoms with van der Waals surface area (Å²) in [6, 6.07) is 5.34. The quantitative estimate of drug-likeness (QED) is 0.227. The minimum atomic E-state index is -0.742. The Kier molecular flexibility index (Phi) is 13.4. The Hall–Kier alpha value is -2.78. The molecule has 8 nitrogen and oxygen atoms in total. The van der Waals surface area contributed by atoms with Crippen molar-refractivity contribution in [1.29, 1.82) is 0 Å². The molecule has 1 aromatic carbocycles. The van der Waals surface area contributed by atoms with E-state index in [1.54, 1.807) is 11.3 Å². The van der Waals surface area contributed by atoms with Crippen LogP contribution in [0.4, 0.5) is 0 Å². The summed E-state index contributed by atoms with van der Waals surface area (Å²) >= 11 is 1.57. The van der Waals surface area contributed by atoms with Crippen LogP contribution in [-0.2, 0) is 20.8 Å². The Morgan fingerprint density at radius 3 is 2.43 bits per heavy atom. The van der Waals surface area contributed by atoms with Crippen molar-refractivity contribution in [2.75, 3.05) is 26.2 Å². The van der Waals surface area contributed by atoms with Gasteiger partial charge < -0.3 is 16.0 Å². The smallest absolute Gasteiger partial charge is 0.247 e. The van der Waals surface area contributed by atoms with E-state index in [1.165, 1.54) is 12.0 Å². The lowest BCUT2D eigenvalue weighted by Crippen LogP contribution is -2.55. The highest BCUT2D eigenvalue weighted by Gasteiger charge is 2.30. The number of amides is 3. The predicted molar refractivity (Wildman–Crippen MR) is 173 cm³/mol. The molecule has 232 valence electrons. The highest BCUT2D eigenvalue weighted by Crippen LogP contribution is 2.28. The molecule has 3 rings (SSSR count). The number of hydrogen-bond donors (Lipinski definition) is 3. The van der Waals surface area contributed by atoms with Gasteiger partial charge in [0.15, 0.2) is 0 Å². The zero-order chi connectivity index (χ0) is 30.6. The molecule has 1 fully saturated rings. The molecule has 1 aliphatic rings. The Morgan fingerprint density at radius 1 is 1.07 bits per heavy atom. The highest BCUT2D eigenvalue weighted by molar-refractivity contribution is 7.18. The van der Waals surface area contributed by atoms with E-state index < -0.39 is 6.04 Å². The molecule has 3 N–H and O–H groups in total. The zero-order valence-electron chi connectivity index (χ0n) is 26.3. The van der Waals surface area contributed by atoms with Crippen molar-refractivity contribution in [3.05, 3.63) is 40.9 Å². The Bertz CT molecular complexity index is 1200. The molecule has 9 heteroatoms. The first-order valence-electron chi connectivity index (χ1n) is 15.8. The van der Waals surface area contributed by atoms with Crippen molar-refractivity contribution in [2.24, 2.45) is 5.92 Å². The first-order valence-corrected chi connectivity index (χ1v) is 16.6. The number of nitrogens with one attached hydrogen (secondary N) is 3. The number of carbonyl (C=O) groups excluding carboxylic acids is 3. The average molecular weight is 598 g/mol. The van der Waals surface area contributed by atoms with Crippen LogP contribution in [-0.4, -0.2) is 65.9 Å². The Balaban J connectivity index is 1.76. The van der Waals surface area contributed by atoms with Gasteiger partial charge in [0, 0.05) is 37.5 Å². The normalized spacial score (nSPS) is 15.5. The van der Waals surface area contributed by atoms with Crippen molar-refractivity contribution in [1.82, 2.24) is 25.8 Å². The summed E-state index contributed by atoms with van der Waals surface area (Å²) in [5.74, 6) is 0.130. The maximum atomic E-state index is 13.8. The van der Waals surface area contributed by atoms with Crippen molar-refractivity contribution in [3.63, 3.8) is 0 Å². The lowest BCUT2D eigenvalue weighted by Gasteiger charge is -2.32. The molecular weight excluding hydrogens is 546 g/mol. The van der Waals surface area contributed by atoms with E-state index in [0.29, 0.717) is 43.8 Å². The van der Waals surface area contributed by atoms with Crippen molar-refractivity contribution < 1.29 is 14.4 Å². The minimum Gasteiger partial charge on any atom is -0.350 e. The molecule has 0 aliphatic heterocycles. The van der Waals surface area contributed by atoms with Crippen LogP contribution in [0.3, 0.4) is 0 Å². The lowest BCUT2D eigenvalue weighted by molar-refractivity contribution is -0.129. The van der Waals surface area contributed by atoms with Gasteiger partial charge in [-0.05, 0) is 61.9 Å². The highest BCUT2D eigenvalue weighted by atomic mass is 32.1. The molecule has 1 aromatic heterocycles. The molecule has 1 unspecified atom stereocenters. The molecule has 2 atom stereocenters. The summed E-state index contributed by atoms with van der Waals surface area (Å²) in [4.78, 5) is 46.3. The topological polar surface area (TPSA) is 103 Å². The maximum Gasteiger partial charge on any atom is 0.247 e. The van der Waals surface area contributed by atoms with Gasteiger partial charge in [0.05, 0.1) is 15.2 Å². The third-order valence-electron chi connectivity index (χ3n) is 8.29. The summed E-state index contributed by atoms with van der Waals surface area (Å²) in [5.41, 5.74) is 2.68. The van der Waals surface area contributed by atoms with Crippen LogP contribution in [0.5, 0.6) is 0 Å². The van der Waals surface area contributed by atoms with Crippen molar-refractivity contribution in [2.45, 2.75) is 104 Å². The van der Waals surface area contributed by atoms with Gasteiger partial charge >= 0.3 is 0 Å². The molecule has 42 heavy (non-hydrogen) atoms. The largest absolute Gasteiger partial charge is 0.350 e.